The second kappa shape index (κ2) is 7.71. The largest absolute Gasteiger partial charge is 0.463 e. The summed E-state index contributed by atoms with van der Waals surface area (Å²) in [4.78, 5) is 9.62. The van der Waals surface area contributed by atoms with Gasteiger partial charge in [-0.2, -0.15) is 0 Å². The maximum atomic E-state index is 15.1. The molecule has 0 saturated carbocycles. The lowest BCUT2D eigenvalue weighted by Gasteiger charge is -2.14. The Morgan fingerprint density at radius 2 is 1.70 bits per heavy atom. The van der Waals surface area contributed by atoms with Crippen molar-refractivity contribution in [3.05, 3.63) is 64.7 Å². The van der Waals surface area contributed by atoms with Gasteiger partial charge in [0.1, 0.15) is 5.82 Å². The van der Waals surface area contributed by atoms with E-state index in [1.165, 1.54) is 11.1 Å². The minimum atomic E-state index is -1.23. The molecule has 4 rings (SSSR count). The third-order valence-electron chi connectivity index (χ3n) is 6.17. The van der Waals surface area contributed by atoms with E-state index in [1.54, 1.807) is 11.3 Å². The van der Waals surface area contributed by atoms with E-state index in [-0.39, 0.29) is 0 Å². The van der Waals surface area contributed by atoms with Crippen LogP contribution in [0.4, 0.5) is 10.1 Å². The molecule has 1 aliphatic rings. The number of rotatable bonds is 4. The highest BCUT2D eigenvalue weighted by Crippen LogP contribution is 2.41. The normalized spacial score (nSPS) is 15.4. The van der Waals surface area contributed by atoms with Gasteiger partial charge in [-0.25, -0.2) is 9.98 Å². The van der Waals surface area contributed by atoms with E-state index >= 15 is 4.32 Å². The number of aromatic nitrogens is 1. The summed E-state index contributed by atoms with van der Waals surface area (Å²) in [7, 11) is -1.23. The molecule has 0 fully saturated rings. The molecule has 2 heterocycles. The Balaban J connectivity index is 2.08. The number of hydrogen-bond acceptors (Lipinski definition) is 1. The van der Waals surface area contributed by atoms with Gasteiger partial charge in [0.15, 0.2) is 5.84 Å². The van der Waals surface area contributed by atoms with E-state index in [2.05, 4.69) is 45.9 Å². The summed E-state index contributed by atoms with van der Waals surface area (Å²) >= 11 is 0. The predicted octanol–water partition coefficient (Wildman–Crippen LogP) is 7.09. The monoisotopic (exact) mass is 399 g/mol. The average Bonchev–Trinajstić information content (AvgIpc) is 3.18. The van der Waals surface area contributed by atoms with Gasteiger partial charge in [0.25, 0.3) is 0 Å². The zero-order chi connectivity index (χ0) is 21.6. The lowest BCUT2D eigenvalue weighted by atomic mass is 9.89. The molecule has 2 aromatic carbocycles. The van der Waals surface area contributed by atoms with Gasteiger partial charge in [-0.3, -0.25) is 0 Å². The lowest BCUT2D eigenvalue weighted by Crippen LogP contribution is -2.15. The van der Waals surface area contributed by atoms with Crippen LogP contribution in [-0.2, 0) is 0 Å². The van der Waals surface area contributed by atoms with Crippen molar-refractivity contribution in [3.63, 3.8) is 0 Å². The Kier molecular flexibility index (Phi) is 5.23. The Bertz CT molecular complexity index is 1240. The molecule has 30 heavy (non-hydrogen) atoms. The van der Waals surface area contributed by atoms with Gasteiger partial charge in [-0.05, 0) is 63.2 Å². The molecule has 152 valence electrons. The quantitative estimate of drug-likeness (QED) is 0.419. The van der Waals surface area contributed by atoms with Crippen LogP contribution < -0.4 is 0 Å². The summed E-state index contributed by atoms with van der Waals surface area (Å²) in [5.41, 5.74) is 7.55. The van der Waals surface area contributed by atoms with Crippen molar-refractivity contribution in [2.45, 2.75) is 47.9 Å². The molecule has 0 bridgehead atoms. The van der Waals surface area contributed by atoms with Crippen LogP contribution in [0.25, 0.3) is 22.0 Å². The summed E-state index contributed by atoms with van der Waals surface area (Å²) in [5, 5.41) is 1.95. The Hall–Kier alpha value is -2.95. The number of halogens is 1. The fraction of sp³-hybridized carbons (Fsp3) is 0.280. The second-order valence-electron chi connectivity index (χ2n) is 8.00. The van der Waals surface area contributed by atoms with Crippen LogP contribution in [0.1, 0.15) is 38.3 Å². The first-order valence-electron chi connectivity index (χ1n) is 10.5. The third-order valence-corrected chi connectivity index (χ3v) is 6.17. The fourth-order valence-electron chi connectivity index (χ4n) is 4.44. The van der Waals surface area contributed by atoms with E-state index in [9.17, 15) is 0 Å². The van der Waals surface area contributed by atoms with E-state index in [1.807, 2.05) is 31.2 Å². The number of hydrogen-bond donors (Lipinski definition) is 0. The summed E-state index contributed by atoms with van der Waals surface area (Å²) < 4.78 is 16.9. The highest BCUT2D eigenvalue weighted by Gasteiger charge is 2.26. The number of amidine groups is 1. The van der Waals surface area contributed by atoms with Gasteiger partial charge in [0.2, 0.25) is 0 Å². The van der Waals surface area contributed by atoms with Crippen LogP contribution >= 0.6 is 0 Å². The molecular weight excluding hydrogens is 372 g/mol. The van der Waals surface area contributed by atoms with Gasteiger partial charge in [0, 0.05) is 27.7 Å². The van der Waals surface area contributed by atoms with E-state index in [0.29, 0.717) is 11.7 Å². The van der Waals surface area contributed by atoms with Crippen molar-refractivity contribution in [1.29, 1.82) is 0 Å². The van der Waals surface area contributed by atoms with Crippen molar-refractivity contribution in [2.24, 2.45) is 9.98 Å². The van der Waals surface area contributed by atoms with Crippen LogP contribution in [0.5, 0.6) is 0 Å². The Morgan fingerprint density at radius 3 is 2.33 bits per heavy atom. The topological polar surface area (TPSA) is 29.6 Å². The molecular formula is C25H27BFN3. The molecule has 0 spiro atoms. The molecule has 5 heteroatoms. The highest BCUT2D eigenvalue weighted by atomic mass is 19.1. The van der Waals surface area contributed by atoms with Gasteiger partial charge < -0.3 is 8.79 Å². The number of aliphatic imine (C=N–C) groups is 2. The van der Waals surface area contributed by atoms with Crippen LogP contribution in [0.15, 0.2) is 63.6 Å². The van der Waals surface area contributed by atoms with Crippen LogP contribution in [0.3, 0.4) is 0 Å². The molecule has 3 nitrogen and oxygen atoms in total. The summed E-state index contributed by atoms with van der Waals surface area (Å²) in [6, 6.07) is 14.2. The van der Waals surface area contributed by atoms with E-state index in [4.69, 9.17) is 9.98 Å². The van der Waals surface area contributed by atoms with E-state index < -0.39 is 7.12 Å². The fourth-order valence-corrected chi connectivity index (χ4v) is 4.44. The maximum Gasteiger partial charge on any atom is 0.463 e. The highest BCUT2D eigenvalue weighted by molar-refractivity contribution is 6.50. The summed E-state index contributed by atoms with van der Waals surface area (Å²) in [6.45, 7) is 11.9. The number of fused-ring (bicyclic) bond motifs is 1. The average molecular weight is 399 g/mol. The van der Waals surface area contributed by atoms with Crippen molar-refractivity contribution in [3.8, 4) is 11.3 Å². The first-order valence-corrected chi connectivity index (χ1v) is 10.5. The lowest BCUT2D eigenvalue weighted by molar-refractivity contribution is 0.802. The minimum absolute atomic E-state index is 0.625. The van der Waals surface area contributed by atoms with Crippen molar-refractivity contribution >= 4 is 35.3 Å². The van der Waals surface area contributed by atoms with Crippen LogP contribution in [-0.4, -0.2) is 23.2 Å². The van der Waals surface area contributed by atoms with Gasteiger partial charge in [-0.15, -0.1) is 0 Å². The Labute approximate surface area is 178 Å². The number of aryl methyl sites for hydroxylation is 1. The van der Waals surface area contributed by atoms with Crippen LogP contribution in [0.2, 0.25) is 6.82 Å². The smallest absolute Gasteiger partial charge is 0.340 e. The summed E-state index contributed by atoms with van der Waals surface area (Å²) in [5.74, 6) is 1.31. The van der Waals surface area contributed by atoms with Crippen LogP contribution in [0, 0.1) is 13.8 Å². The molecule has 1 aliphatic heterocycles. The molecule has 0 radical (unpaired) electrons. The Morgan fingerprint density at radius 1 is 1.00 bits per heavy atom. The van der Waals surface area contributed by atoms with Gasteiger partial charge in [0.05, 0.1) is 0 Å². The molecule has 1 aromatic heterocycles. The maximum absolute atomic E-state index is 15.1. The molecule has 0 aliphatic carbocycles. The first-order chi connectivity index (χ1) is 14.3. The number of benzene rings is 2. The predicted molar refractivity (Wildman–Crippen MR) is 128 cm³/mol. The van der Waals surface area contributed by atoms with Crippen molar-refractivity contribution in [2.75, 3.05) is 0 Å². The van der Waals surface area contributed by atoms with E-state index in [0.717, 1.165) is 45.3 Å². The number of allylic oxidation sites excluding steroid dienone is 1. The zero-order valence-corrected chi connectivity index (χ0v) is 18.5. The minimum Gasteiger partial charge on any atom is -0.340 e. The van der Waals surface area contributed by atoms with Gasteiger partial charge >= 0.3 is 7.12 Å². The molecule has 0 saturated heterocycles. The zero-order valence-electron chi connectivity index (χ0n) is 18.5. The third kappa shape index (κ3) is 3.13. The molecule has 0 amide bonds. The standard InChI is InChI=1S/C25H27BFN3/c1-7-19-17(4)24(28-18(19)5)29-25-22-13-9-8-12-21(22)23(30(25)26(6)27)20-14-10-11-15(2)16(20)3/h8-14H,7H2,1-6H3. The van der Waals surface area contributed by atoms with Crippen molar-refractivity contribution in [1.82, 2.24) is 4.48 Å². The van der Waals surface area contributed by atoms with Gasteiger partial charge in [-0.1, -0.05) is 49.4 Å². The van der Waals surface area contributed by atoms with Crippen molar-refractivity contribution < 1.29 is 4.32 Å². The molecule has 3 aromatic rings. The summed E-state index contributed by atoms with van der Waals surface area (Å²) in [6.07, 6.45) is 0.912. The second-order valence-corrected chi connectivity index (χ2v) is 8.00. The molecule has 0 atom stereocenters. The molecule has 0 N–H and O–H groups in total. The number of nitrogens with zero attached hydrogens (tertiary/aromatic N) is 3. The molecule has 0 unspecified atom stereocenters. The first kappa shape index (κ1) is 20.3. The SMILES string of the molecule is CCC1=C(C)C(=Nc2c3ccccc3c(-c3cccc(C)c3C)n2B(C)F)N=C1C.